The lowest BCUT2D eigenvalue weighted by molar-refractivity contribution is 0.102. The Balaban J connectivity index is 1.56. The maximum absolute atomic E-state index is 12.8. The van der Waals surface area contributed by atoms with E-state index in [1.54, 1.807) is 18.2 Å². The van der Waals surface area contributed by atoms with Crippen LogP contribution in [0.3, 0.4) is 0 Å². The van der Waals surface area contributed by atoms with Crippen LogP contribution >= 0.6 is 11.6 Å². The Labute approximate surface area is 197 Å². The smallest absolute Gasteiger partial charge is 0.255 e. The minimum Gasteiger partial charge on any atom is -0.321 e. The van der Waals surface area contributed by atoms with Crippen molar-refractivity contribution in [3.05, 3.63) is 114 Å². The lowest BCUT2D eigenvalue weighted by Gasteiger charge is -2.10. The first-order valence-corrected chi connectivity index (χ1v) is 11.9. The first kappa shape index (κ1) is 22.5. The summed E-state index contributed by atoms with van der Waals surface area (Å²) in [6, 6.07) is 25.8. The molecule has 4 aromatic rings. The zero-order valence-electron chi connectivity index (χ0n) is 17.4. The van der Waals surface area contributed by atoms with Crippen LogP contribution in [0.15, 0.2) is 108 Å². The fourth-order valence-electron chi connectivity index (χ4n) is 3.27. The van der Waals surface area contributed by atoms with Crippen molar-refractivity contribution in [3.8, 4) is 22.3 Å². The van der Waals surface area contributed by atoms with Crippen LogP contribution in [0, 0.1) is 0 Å². The number of carbonyl (C=O) groups is 1. The molecule has 0 saturated carbocycles. The summed E-state index contributed by atoms with van der Waals surface area (Å²) in [5.74, 6) is -0.366. The minimum absolute atomic E-state index is 0.136. The van der Waals surface area contributed by atoms with Gasteiger partial charge in [-0.05, 0) is 47.0 Å². The molecule has 0 aliphatic rings. The third-order valence-electron chi connectivity index (χ3n) is 5.04. The second-order valence-corrected chi connectivity index (χ2v) is 9.44. The number of rotatable bonds is 6. The van der Waals surface area contributed by atoms with Crippen LogP contribution in [0.5, 0.6) is 0 Å². The molecule has 4 rings (SSSR count). The monoisotopic (exact) mass is 474 g/mol. The number of pyridine rings is 1. The van der Waals surface area contributed by atoms with Crippen LogP contribution in [0.4, 0.5) is 5.69 Å². The van der Waals surface area contributed by atoms with Crippen molar-refractivity contribution in [1.29, 1.82) is 0 Å². The van der Waals surface area contributed by atoms with Crippen LogP contribution in [0.1, 0.15) is 10.4 Å². The number of amides is 1. The fourth-order valence-corrected chi connectivity index (χ4v) is 4.13. The number of hydrogen-bond acceptors (Lipinski definition) is 4. The Bertz CT molecular complexity index is 1420. The summed E-state index contributed by atoms with van der Waals surface area (Å²) in [6.45, 7) is 3.27. The van der Waals surface area contributed by atoms with Crippen LogP contribution < -0.4 is 5.32 Å². The van der Waals surface area contributed by atoms with Crippen molar-refractivity contribution in [2.75, 3.05) is 5.32 Å². The van der Waals surface area contributed by atoms with Crippen LogP contribution in [-0.4, -0.2) is 19.3 Å². The Morgan fingerprint density at radius 3 is 2.18 bits per heavy atom. The standard InChI is InChI=1S/C26H19ClN2O3S/c1-2-33(31,32)25-15-13-22(17-28-25)29-26(30)21-12-14-24(27)23(16-21)20-10-8-19(9-11-20)18-6-4-3-5-7-18/h2-17H,1H2,(H,29,30). The van der Waals surface area contributed by atoms with E-state index in [-0.39, 0.29) is 10.9 Å². The van der Waals surface area contributed by atoms with Crippen LogP contribution in [0.2, 0.25) is 5.02 Å². The molecule has 33 heavy (non-hydrogen) atoms. The van der Waals surface area contributed by atoms with Gasteiger partial charge in [-0.15, -0.1) is 0 Å². The number of halogens is 1. The molecule has 0 spiro atoms. The molecule has 1 N–H and O–H groups in total. The molecule has 0 atom stereocenters. The van der Waals surface area contributed by atoms with E-state index in [4.69, 9.17) is 11.6 Å². The summed E-state index contributed by atoms with van der Waals surface area (Å²) in [6.07, 6.45) is 1.29. The summed E-state index contributed by atoms with van der Waals surface area (Å²) < 4.78 is 23.6. The normalized spacial score (nSPS) is 11.1. The Hall–Kier alpha value is -3.74. The van der Waals surface area contributed by atoms with Crippen molar-refractivity contribution in [2.45, 2.75) is 5.03 Å². The van der Waals surface area contributed by atoms with Crippen molar-refractivity contribution in [1.82, 2.24) is 4.98 Å². The molecule has 0 radical (unpaired) electrons. The highest BCUT2D eigenvalue weighted by Crippen LogP contribution is 2.31. The highest BCUT2D eigenvalue weighted by atomic mass is 35.5. The highest BCUT2D eigenvalue weighted by Gasteiger charge is 2.14. The zero-order chi connectivity index (χ0) is 23.4. The van der Waals surface area contributed by atoms with Crippen LogP contribution in [-0.2, 0) is 9.84 Å². The molecule has 164 valence electrons. The van der Waals surface area contributed by atoms with Gasteiger partial charge >= 0.3 is 0 Å². The topological polar surface area (TPSA) is 76.1 Å². The number of nitrogens with zero attached hydrogens (tertiary/aromatic N) is 1. The first-order chi connectivity index (χ1) is 15.9. The first-order valence-electron chi connectivity index (χ1n) is 9.98. The van der Waals surface area contributed by atoms with Gasteiger partial charge in [0.1, 0.15) is 0 Å². The van der Waals surface area contributed by atoms with Gasteiger partial charge in [0.2, 0.25) is 9.84 Å². The maximum atomic E-state index is 12.8. The quantitative estimate of drug-likeness (QED) is 0.359. The molecule has 3 aromatic carbocycles. The van der Waals surface area contributed by atoms with E-state index in [0.717, 1.165) is 27.7 Å². The zero-order valence-corrected chi connectivity index (χ0v) is 19.0. The van der Waals surface area contributed by atoms with Gasteiger partial charge in [0.15, 0.2) is 5.03 Å². The molecule has 0 unspecified atom stereocenters. The van der Waals surface area contributed by atoms with E-state index in [2.05, 4.69) is 16.9 Å². The minimum atomic E-state index is -3.63. The number of aromatic nitrogens is 1. The average Bonchev–Trinajstić information content (AvgIpc) is 2.85. The molecule has 5 nitrogen and oxygen atoms in total. The predicted octanol–water partition coefficient (Wildman–Crippen LogP) is 6.24. The van der Waals surface area contributed by atoms with Crippen molar-refractivity contribution >= 4 is 33.0 Å². The van der Waals surface area contributed by atoms with Crippen LogP contribution in [0.25, 0.3) is 22.3 Å². The average molecular weight is 475 g/mol. The molecular formula is C26H19ClN2O3S. The van der Waals surface area contributed by atoms with E-state index >= 15 is 0 Å². The second-order valence-electron chi connectivity index (χ2n) is 7.19. The third kappa shape index (κ3) is 5.03. The van der Waals surface area contributed by atoms with Gasteiger partial charge in [0.25, 0.3) is 5.91 Å². The summed E-state index contributed by atoms with van der Waals surface area (Å²) in [5.41, 5.74) is 4.59. The Morgan fingerprint density at radius 2 is 1.55 bits per heavy atom. The fraction of sp³-hybridized carbons (Fsp3) is 0. The third-order valence-corrected chi connectivity index (χ3v) is 6.63. The molecule has 0 bridgehead atoms. The van der Waals surface area contributed by atoms with E-state index in [0.29, 0.717) is 16.3 Å². The molecule has 1 heterocycles. The molecule has 0 fully saturated rings. The molecule has 0 aliphatic heterocycles. The molecular weight excluding hydrogens is 456 g/mol. The predicted molar refractivity (Wildman–Crippen MR) is 132 cm³/mol. The molecule has 7 heteroatoms. The van der Waals surface area contributed by atoms with E-state index < -0.39 is 9.84 Å². The largest absolute Gasteiger partial charge is 0.321 e. The van der Waals surface area contributed by atoms with Gasteiger partial charge < -0.3 is 5.32 Å². The molecule has 1 aromatic heterocycles. The van der Waals surface area contributed by atoms with Gasteiger partial charge in [-0.1, -0.05) is 72.8 Å². The summed E-state index contributed by atoms with van der Waals surface area (Å²) in [5, 5.41) is 3.94. The van der Waals surface area contributed by atoms with Crippen molar-refractivity contribution in [2.24, 2.45) is 0 Å². The summed E-state index contributed by atoms with van der Waals surface area (Å²) in [7, 11) is -3.63. The molecule has 0 saturated heterocycles. The van der Waals surface area contributed by atoms with Gasteiger partial charge in [-0.25, -0.2) is 13.4 Å². The lowest BCUT2D eigenvalue weighted by Crippen LogP contribution is -2.12. The Morgan fingerprint density at radius 1 is 0.879 bits per heavy atom. The second kappa shape index (κ2) is 9.40. The number of carbonyl (C=O) groups excluding carboxylic acids is 1. The summed E-state index contributed by atoms with van der Waals surface area (Å²) in [4.78, 5) is 16.7. The summed E-state index contributed by atoms with van der Waals surface area (Å²) >= 11 is 6.42. The van der Waals surface area contributed by atoms with E-state index in [1.165, 1.54) is 18.3 Å². The van der Waals surface area contributed by atoms with Crippen molar-refractivity contribution in [3.63, 3.8) is 0 Å². The Kier molecular flexibility index (Phi) is 6.40. The van der Waals surface area contributed by atoms with E-state index in [9.17, 15) is 13.2 Å². The highest BCUT2D eigenvalue weighted by molar-refractivity contribution is 7.94. The number of anilines is 1. The van der Waals surface area contributed by atoms with Gasteiger partial charge in [-0.2, -0.15) is 0 Å². The SMILES string of the molecule is C=CS(=O)(=O)c1ccc(NC(=O)c2ccc(Cl)c(-c3ccc(-c4ccccc4)cc3)c2)cn1. The number of nitrogens with one attached hydrogen (secondary N) is 1. The van der Waals surface area contributed by atoms with E-state index in [1.807, 2.05) is 54.6 Å². The van der Waals surface area contributed by atoms with Gasteiger partial charge in [0.05, 0.1) is 11.9 Å². The lowest BCUT2D eigenvalue weighted by atomic mass is 9.99. The van der Waals surface area contributed by atoms with Gasteiger partial charge in [0, 0.05) is 21.6 Å². The molecule has 1 amide bonds. The number of hydrogen-bond donors (Lipinski definition) is 1. The molecule has 0 aliphatic carbocycles. The van der Waals surface area contributed by atoms with Gasteiger partial charge in [-0.3, -0.25) is 4.79 Å². The maximum Gasteiger partial charge on any atom is 0.255 e. The van der Waals surface area contributed by atoms with Crippen molar-refractivity contribution < 1.29 is 13.2 Å². The number of sulfone groups is 1. The number of benzene rings is 3.